The highest BCUT2D eigenvalue weighted by Gasteiger charge is 2.08. The van der Waals surface area contributed by atoms with Gasteiger partial charge in [-0.1, -0.05) is 13.8 Å². The molecule has 96 valence electrons. The monoisotopic (exact) mass is 230 g/mol. The van der Waals surface area contributed by atoms with E-state index in [0.29, 0.717) is 19.1 Å². The standard InChI is InChI=1S/C13H26O3/c1-5-12(4)15-10-8-13(6-2)16-9-7-11(3)14/h12-13H,5-10H2,1-4H3. The third kappa shape index (κ3) is 8.86. The zero-order valence-electron chi connectivity index (χ0n) is 11.1. The molecule has 0 fully saturated rings. The second-order valence-corrected chi connectivity index (χ2v) is 4.23. The molecule has 2 unspecified atom stereocenters. The Balaban J connectivity index is 3.54. The molecule has 0 spiro atoms. The molecule has 0 saturated heterocycles. The van der Waals surface area contributed by atoms with Gasteiger partial charge in [-0.15, -0.1) is 0 Å². The first-order chi connectivity index (χ1) is 7.60. The van der Waals surface area contributed by atoms with Crippen molar-refractivity contribution in [3.05, 3.63) is 0 Å². The highest BCUT2D eigenvalue weighted by Crippen LogP contribution is 2.06. The van der Waals surface area contributed by atoms with E-state index in [0.717, 1.165) is 25.9 Å². The first-order valence-corrected chi connectivity index (χ1v) is 6.32. The zero-order chi connectivity index (χ0) is 12.4. The number of rotatable bonds is 10. The molecule has 0 aromatic carbocycles. The molecule has 0 saturated carbocycles. The lowest BCUT2D eigenvalue weighted by Gasteiger charge is -2.17. The van der Waals surface area contributed by atoms with Crippen LogP contribution in [0, 0.1) is 0 Å². The Morgan fingerprint density at radius 2 is 1.81 bits per heavy atom. The van der Waals surface area contributed by atoms with Crippen LogP contribution in [-0.4, -0.2) is 31.2 Å². The summed E-state index contributed by atoms with van der Waals surface area (Å²) >= 11 is 0. The summed E-state index contributed by atoms with van der Waals surface area (Å²) in [6, 6.07) is 0. The van der Waals surface area contributed by atoms with E-state index in [1.54, 1.807) is 6.92 Å². The van der Waals surface area contributed by atoms with Gasteiger partial charge in [-0.25, -0.2) is 0 Å². The minimum atomic E-state index is 0.186. The lowest BCUT2D eigenvalue weighted by molar-refractivity contribution is -0.118. The highest BCUT2D eigenvalue weighted by molar-refractivity contribution is 5.75. The van der Waals surface area contributed by atoms with Crippen molar-refractivity contribution in [2.24, 2.45) is 0 Å². The maximum atomic E-state index is 10.8. The van der Waals surface area contributed by atoms with Gasteiger partial charge in [0.2, 0.25) is 0 Å². The van der Waals surface area contributed by atoms with E-state index in [2.05, 4.69) is 20.8 Å². The molecular weight excluding hydrogens is 204 g/mol. The van der Waals surface area contributed by atoms with Crippen LogP contribution in [-0.2, 0) is 14.3 Å². The largest absolute Gasteiger partial charge is 0.378 e. The van der Waals surface area contributed by atoms with Crippen molar-refractivity contribution in [1.82, 2.24) is 0 Å². The van der Waals surface area contributed by atoms with Gasteiger partial charge in [0.1, 0.15) is 5.78 Å². The van der Waals surface area contributed by atoms with Crippen molar-refractivity contribution in [3.8, 4) is 0 Å². The average Bonchev–Trinajstić information content (AvgIpc) is 2.26. The van der Waals surface area contributed by atoms with Crippen LogP contribution in [0.3, 0.4) is 0 Å². The number of ether oxygens (including phenoxy) is 2. The molecule has 0 amide bonds. The van der Waals surface area contributed by atoms with Crippen LogP contribution in [0.5, 0.6) is 0 Å². The predicted molar refractivity (Wildman–Crippen MR) is 65.7 cm³/mol. The fourth-order valence-electron chi connectivity index (χ4n) is 1.29. The van der Waals surface area contributed by atoms with Crippen molar-refractivity contribution in [1.29, 1.82) is 0 Å². The molecule has 0 aliphatic carbocycles. The molecule has 0 N–H and O–H groups in total. The quantitative estimate of drug-likeness (QED) is 0.579. The molecule has 0 aliphatic heterocycles. The summed E-state index contributed by atoms with van der Waals surface area (Å²) in [5.41, 5.74) is 0. The maximum absolute atomic E-state index is 10.8. The van der Waals surface area contributed by atoms with Gasteiger partial charge < -0.3 is 9.47 Å². The smallest absolute Gasteiger partial charge is 0.132 e. The highest BCUT2D eigenvalue weighted by atomic mass is 16.5. The predicted octanol–water partition coefficient (Wildman–Crippen LogP) is 2.97. The summed E-state index contributed by atoms with van der Waals surface area (Å²) in [5, 5.41) is 0. The number of carbonyl (C=O) groups excluding carboxylic acids is 1. The number of hydrogen-bond acceptors (Lipinski definition) is 3. The van der Waals surface area contributed by atoms with E-state index in [1.807, 2.05) is 0 Å². The Kier molecular flexibility index (Phi) is 9.54. The second kappa shape index (κ2) is 9.79. The number of Topliss-reactive ketones (excluding diaryl/α,β-unsaturated/α-hetero) is 1. The lowest BCUT2D eigenvalue weighted by Crippen LogP contribution is -2.18. The van der Waals surface area contributed by atoms with Gasteiger partial charge in [-0.3, -0.25) is 4.79 Å². The average molecular weight is 230 g/mol. The molecule has 3 nitrogen and oxygen atoms in total. The van der Waals surface area contributed by atoms with Crippen molar-refractivity contribution >= 4 is 5.78 Å². The summed E-state index contributed by atoms with van der Waals surface area (Å²) in [6.45, 7) is 9.17. The van der Waals surface area contributed by atoms with Gasteiger partial charge in [0.25, 0.3) is 0 Å². The molecule has 3 heteroatoms. The van der Waals surface area contributed by atoms with Crippen LogP contribution in [0.2, 0.25) is 0 Å². The Morgan fingerprint density at radius 1 is 1.12 bits per heavy atom. The molecule has 0 heterocycles. The molecule has 0 bridgehead atoms. The summed E-state index contributed by atoms with van der Waals surface area (Å²) in [6.07, 6.45) is 4.00. The summed E-state index contributed by atoms with van der Waals surface area (Å²) in [7, 11) is 0. The molecule has 0 aromatic rings. The topological polar surface area (TPSA) is 35.5 Å². The van der Waals surface area contributed by atoms with E-state index in [1.165, 1.54) is 0 Å². The number of carbonyl (C=O) groups is 1. The molecule has 2 atom stereocenters. The Morgan fingerprint density at radius 3 is 2.31 bits per heavy atom. The SMILES string of the molecule is CCC(C)OCCC(CC)OCCC(C)=O. The van der Waals surface area contributed by atoms with E-state index in [4.69, 9.17) is 9.47 Å². The normalized spacial score (nSPS) is 14.8. The number of hydrogen-bond donors (Lipinski definition) is 0. The molecule has 0 rings (SSSR count). The van der Waals surface area contributed by atoms with Crippen molar-refractivity contribution < 1.29 is 14.3 Å². The summed E-state index contributed by atoms with van der Waals surface area (Å²) < 4.78 is 11.2. The minimum absolute atomic E-state index is 0.186. The van der Waals surface area contributed by atoms with Gasteiger partial charge in [0.15, 0.2) is 0 Å². The van der Waals surface area contributed by atoms with Crippen LogP contribution in [0.4, 0.5) is 0 Å². The van der Waals surface area contributed by atoms with Crippen LogP contribution >= 0.6 is 0 Å². The third-order valence-electron chi connectivity index (χ3n) is 2.68. The van der Waals surface area contributed by atoms with Gasteiger partial charge in [-0.2, -0.15) is 0 Å². The van der Waals surface area contributed by atoms with E-state index < -0.39 is 0 Å². The van der Waals surface area contributed by atoms with E-state index in [-0.39, 0.29) is 11.9 Å². The lowest BCUT2D eigenvalue weighted by atomic mass is 10.2. The zero-order valence-corrected chi connectivity index (χ0v) is 11.1. The van der Waals surface area contributed by atoms with Gasteiger partial charge in [0, 0.05) is 13.0 Å². The second-order valence-electron chi connectivity index (χ2n) is 4.23. The van der Waals surface area contributed by atoms with Crippen LogP contribution < -0.4 is 0 Å². The molecule has 0 radical (unpaired) electrons. The van der Waals surface area contributed by atoms with Gasteiger partial charge in [-0.05, 0) is 33.1 Å². The Labute approximate surface area is 99.5 Å². The van der Waals surface area contributed by atoms with Crippen LogP contribution in [0.1, 0.15) is 53.4 Å². The first kappa shape index (κ1) is 15.6. The summed E-state index contributed by atoms with van der Waals surface area (Å²) in [5.74, 6) is 0.186. The minimum Gasteiger partial charge on any atom is -0.378 e. The molecule has 0 aliphatic rings. The van der Waals surface area contributed by atoms with Crippen molar-refractivity contribution in [2.75, 3.05) is 13.2 Å². The molecule has 0 aromatic heterocycles. The Bertz CT molecular complexity index is 180. The first-order valence-electron chi connectivity index (χ1n) is 6.32. The molecular formula is C13H26O3. The van der Waals surface area contributed by atoms with Gasteiger partial charge >= 0.3 is 0 Å². The maximum Gasteiger partial charge on any atom is 0.132 e. The third-order valence-corrected chi connectivity index (χ3v) is 2.68. The Hall–Kier alpha value is -0.410. The van der Waals surface area contributed by atoms with Crippen molar-refractivity contribution in [3.63, 3.8) is 0 Å². The summed E-state index contributed by atoms with van der Waals surface area (Å²) in [4.78, 5) is 10.8. The van der Waals surface area contributed by atoms with E-state index >= 15 is 0 Å². The fourth-order valence-corrected chi connectivity index (χ4v) is 1.29. The van der Waals surface area contributed by atoms with Crippen LogP contribution in [0.25, 0.3) is 0 Å². The van der Waals surface area contributed by atoms with Crippen LogP contribution in [0.15, 0.2) is 0 Å². The van der Waals surface area contributed by atoms with Gasteiger partial charge in [0.05, 0.1) is 18.8 Å². The van der Waals surface area contributed by atoms with Crippen molar-refractivity contribution in [2.45, 2.75) is 65.6 Å². The van der Waals surface area contributed by atoms with E-state index in [9.17, 15) is 4.79 Å². The number of ketones is 1. The molecule has 16 heavy (non-hydrogen) atoms. The fraction of sp³-hybridized carbons (Fsp3) is 0.923.